The van der Waals surface area contributed by atoms with Gasteiger partial charge in [0, 0.05) is 37.9 Å². The largest absolute Gasteiger partial charge is 0.340 e. The molecule has 1 aromatic heterocycles. The number of hydrogen-bond donors (Lipinski definition) is 1. The molecule has 1 aliphatic rings. The summed E-state index contributed by atoms with van der Waals surface area (Å²) in [5.41, 5.74) is 2.54. The first kappa shape index (κ1) is 15.4. The number of carbonyl (C=O) groups excluding carboxylic acids is 1. The van der Waals surface area contributed by atoms with Gasteiger partial charge in [0.15, 0.2) is 0 Å². The van der Waals surface area contributed by atoms with E-state index in [4.69, 9.17) is 0 Å². The van der Waals surface area contributed by atoms with E-state index in [0.717, 1.165) is 37.4 Å². The van der Waals surface area contributed by atoms with Crippen LogP contribution >= 0.6 is 0 Å². The number of piperazine rings is 1. The normalized spacial score (nSPS) is 15.5. The van der Waals surface area contributed by atoms with Gasteiger partial charge in [-0.15, -0.1) is 0 Å². The van der Waals surface area contributed by atoms with Crippen molar-refractivity contribution in [3.05, 3.63) is 47.9 Å². The number of rotatable bonds is 3. The molecular formula is C17H21N5O. The zero-order valence-corrected chi connectivity index (χ0v) is 13.5. The first-order chi connectivity index (χ1) is 11.1. The fourth-order valence-corrected chi connectivity index (χ4v) is 2.58. The summed E-state index contributed by atoms with van der Waals surface area (Å²) >= 11 is 0. The Kier molecular flexibility index (Phi) is 4.52. The van der Waals surface area contributed by atoms with E-state index in [1.54, 1.807) is 6.07 Å². The van der Waals surface area contributed by atoms with Crippen LogP contribution in [-0.2, 0) is 0 Å². The second-order valence-corrected chi connectivity index (χ2v) is 5.88. The van der Waals surface area contributed by atoms with Gasteiger partial charge in [-0.05, 0) is 31.7 Å². The number of aryl methyl sites for hydroxylation is 1. The average molecular weight is 311 g/mol. The van der Waals surface area contributed by atoms with E-state index in [0.29, 0.717) is 11.5 Å². The Labute approximate surface area is 136 Å². The van der Waals surface area contributed by atoms with E-state index in [1.165, 1.54) is 6.33 Å². The Morgan fingerprint density at radius 2 is 1.91 bits per heavy atom. The molecule has 0 spiro atoms. The van der Waals surface area contributed by atoms with Crippen LogP contribution in [0.4, 0.5) is 11.5 Å². The molecule has 1 fully saturated rings. The molecule has 2 aromatic rings. The van der Waals surface area contributed by atoms with Gasteiger partial charge in [0.1, 0.15) is 17.8 Å². The monoisotopic (exact) mass is 311 g/mol. The molecule has 0 aliphatic carbocycles. The molecule has 0 saturated carbocycles. The zero-order chi connectivity index (χ0) is 16.2. The molecule has 0 bridgehead atoms. The van der Waals surface area contributed by atoms with Crippen LogP contribution in [0, 0.1) is 6.92 Å². The van der Waals surface area contributed by atoms with Crippen LogP contribution in [0.5, 0.6) is 0 Å². The number of likely N-dealkylation sites (N-methyl/N-ethyl adjacent to an activating group) is 1. The third-order valence-corrected chi connectivity index (χ3v) is 3.97. The lowest BCUT2D eigenvalue weighted by molar-refractivity contribution is 0.0658. The van der Waals surface area contributed by atoms with Crippen molar-refractivity contribution in [3.63, 3.8) is 0 Å². The summed E-state index contributed by atoms with van der Waals surface area (Å²) in [5.74, 6) is 0.593. The number of amides is 1. The Hall–Kier alpha value is -2.47. The topological polar surface area (TPSA) is 61.4 Å². The van der Waals surface area contributed by atoms with Gasteiger partial charge in [-0.2, -0.15) is 0 Å². The Bertz CT molecular complexity index is 695. The molecular weight excluding hydrogens is 290 g/mol. The molecule has 0 radical (unpaired) electrons. The predicted molar refractivity (Wildman–Crippen MR) is 89.9 cm³/mol. The summed E-state index contributed by atoms with van der Waals surface area (Å²) in [6.45, 7) is 5.30. The van der Waals surface area contributed by atoms with Gasteiger partial charge in [-0.1, -0.05) is 12.1 Å². The maximum atomic E-state index is 12.6. The van der Waals surface area contributed by atoms with Crippen molar-refractivity contribution < 1.29 is 4.79 Å². The van der Waals surface area contributed by atoms with Crippen molar-refractivity contribution in [2.24, 2.45) is 0 Å². The second-order valence-electron chi connectivity index (χ2n) is 5.88. The Morgan fingerprint density at radius 1 is 1.13 bits per heavy atom. The number of carbonyl (C=O) groups is 1. The Morgan fingerprint density at radius 3 is 2.65 bits per heavy atom. The number of aromatic nitrogens is 2. The smallest absolute Gasteiger partial charge is 0.272 e. The molecule has 120 valence electrons. The molecule has 1 N–H and O–H groups in total. The van der Waals surface area contributed by atoms with Gasteiger partial charge in [-0.3, -0.25) is 4.79 Å². The minimum absolute atomic E-state index is 0.0345. The van der Waals surface area contributed by atoms with Crippen LogP contribution in [-0.4, -0.2) is 58.9 Å². The van der Waals surface area contributed by atoms with Crippen molar-refractivity contribution >= 4 is 17.4 Å². The number of anilines is 2. The van der Waals surface area contributed by atoms with Gasteiger partial charge in [0.25, 0.3) is 5.91 Å². The number of benzene rings is 1. The van der Waals surface area contributed by atoms with Gasteiger partial charge in [0.05, 0.1) is 0 Å². The fourth-order valence-electron chi connectivity index (χ4n) is 2.58. The van der Waals surface area contributed by atoms with Gasteiger partial charge in [0.2, 0.25) is 0 Å². The summed E-state index contributed by atoms with van der Waals surface area (Å²) in [4.78, 5) is 25.0. The molecule has 6 nitrogen and oxygen atoms in total. The highest BCUT2D eigenvalue weighted by Crippen LogP contribution is 2.16. The summed E-state index contributed by atoms with van der Waals surface area (Å²) in [5, 5.41) is 3.22. The lowest BCUT2D eigenvalue weighted by Gasteiger charge is -2.32. The van der Waals surface area contributed by atoms with Crippen LogP contribution in [0.25, 0.3) is 0 Å². The maximum absolute atomic E-state index is 12.6. The van der Waals surface area contributed by atoms with E-state index in [9.17, 15) is 4.79 Å². The van der Waals surface area contributed by atoms with Crippen molar-refractivity contribution in [1.29, 1.82) is 0 Å². The molecule has 1 saturated heterocycles. The van der Waals surface area contributed by atoms with Crippen LogP contribution in [0.1, 0.15) is 16.1 Å². The summed E-state index contributed by atoms with van der Waals surface area (Å²) in [6.07, 6.45) is 1.43. The van der Waals surface area contributed by atoms with E-state index in [1.807, 2.05) is 36.1 Å². The summed E-state index contributed by atoms with van der Waals surface area (Å²) in [7, 11) is 2.07. The van der Waals surface area contributed by atoms with Gasteiger partial charge >= 0.3 is 0 Å². The molecule has 1 aliphatic heterocycles. The standard InChI is InChI=1S/C17H21N5O/c1-13-4-3-5-14(10-13)20-16-11-15(18-12-19-16)17(23)22-8-6-21(2)7-9-22/h3-5,10-12H,6-9H2,1-2H3,(H,18,19,20). The first-order valence-electron chi connectivity index (χ1n) is 7.75. The van der Waals surface area contributed by atoms with Crippen molar-refractivity contribution in [3.8, 4) is 0 Å². The molecule has 3 rings (SSSR count). The van der Waals surface area contributed by atoms with Crippen molar-refractivity contribution in [2.45, 2.75) is 6.92 Å². The van der Waals surface area contributed by atoms with E-state index in [2.05, 4.69) is 27.2 Å². The van der Waals surface area contributed by atoms with Crippen molar-refractivity contribution in [2.75, 3.05) is 38.5 Å². The minimum atomic E-state index is -0.0345. The quantitative estimate of drug-likeness (QED) is 0.938. The third-order valence-electron chi connectivity index (χ3n) is 3.97. The molecule has 1 amide bonds. The fraction of sp³-hybridized carbons (Fsp3) is 0.353. The summed E-state index contributed by atoms with van der Waals surface area (Å²) in [6, 6.07) is 9.73. The number of nitrogens with zero attached hydrogens (tertiary/aromatic N) is 4. The SMILES string of the molecule is Cc1cccc(Nc2cc(C(=O)N3CCN(C)CC3)ncn2)c1. The highest BCUT2D eigenvalue weighted by molar-refractivity contribution is 5.93. The van der Waals surface area contributed by atoms with Crippen LogP contribution < -0.4 is 5.32 Å². The summed E-state index contributed by atoms with van der Waals surface area (Å²) < 4.78 is 0. The van der Waals surface area contributed by atoms with Crippen LogP contribution in [0.3, 0.4) is 0 Å². The zero-order valence-electron chi connectivity index (χ0n) is 13.5. The molecule has 2 heterocycles. The molecule has 23 heavy (non-hydrogen) atoms. The van der Waals surface area contributed by atoms with E-state index >= 15 is 0 Å². The Balaban J connectivity index is 1.73. The number of hydrogen-bond acceptors (Lipinski definition) is 5. The third kappa shape index (κ3) is 3.84. The molecule has 1 aromatic carbocycles. The van der Waals surface area contributed by atoms with Crippen LogP contribution in [0.2, 0.25) is 0 Å². The van der Waals surface area contributed by atoms with Crippen LogP contribution in [0.15, 0.2) is 36.7 Å². The maximum Gasteiger partial charge on any atom is 0.272 e. The molecule has 6 heteroatoms. The predicted octanol–water partition coefficient (Wildman–Crippen LogP) is 1.92. The highest BCUT2D eigenvalue weighted by atomic mass is 16.2. The highest BCUT2D eigenvalue weighted by Gasteiger charge is 2.21. The number of nitrogens with one attached hydrogen (secondary N) is 1. The molecule has 0 atom stereocenters. The van der Waals surface area contributed by atoms with E-state index < -0.39 is 0 Å². The van der Waals surface area contributed by atoms with Gasteiger partial charge in [-0.25, -0.2) is 9.97 Å². The van der Waals surface area contributed by atoms with Crippen molar-refractivity contribution in [1.82, 2.24) is 19.8 Å². The first-order valence-corrected chi connectivity index (χ1v) is 7.75. The van der Waals surface area contributed by atoms with E-state index in [-0.39, 0.29) is 5.91 Å². The lowest BCUT2D eigenvalue weighted by atomic mass is 10.2. The average Bonchev–Trinajstić information content (AvgIpc) is 2.55. The second kappa shape index (κ2) is 6.75. The molecule has 0 unspecified atom stereocenters. The van der Waals surface area contributed by atoms with Gasteiger partial charge < -0.3 is 15.1 Å². The lowest BCUT2D eigenvalue weighted by Crippen LogP contribution is -2.47. The minimum Gasteiger partial charge on any atom is -0.340 e.